The third-order valence-electron chi connectivity index (χ3n) is 4.86. The van der Waals surface area contributed by atoms with Crippen molar-refractivity contribution < 1.29 is 9.53 Å². The first-order valence-electron chi connectivity index (χ1n) is 9.77. The fourth-order valence-corrected chi connectivity index (χ4v) is 5.09. The topological polar surface area (TPSA) is 42.4 Å². The molecule has 0 bridgehead atoms. The van der Waals surface area contributed by atoms with Crippen molar-refractivity contribution in [2.75, 3.05) is 11.4 Å². The summed E-state index contributed by atoms with van der Waals surface area (Å²) < 4.78 is 5.81. The van der Waals surface area contributed by atoms with Crippen LogP contribution in [-0.4, -0.2) is 22.7 Å². The van der Waals surface area contributed by atoms with Crippen molar-refractivity contribution in [3.8, 4) is 5.75 Å². The van der Waals surface area contributed by atoms with Crippen LogP contribution in [0.3, 0.4) is 0 Å². The van der Waals surface area contributed by atoms with Crippen molar-refractivity contribution in [1.82, 2.24) is 4.98 Å². The minimum absolute atomic E-state index is 0.100. The van der Waals surface area contributed by atoms with Crippen LogP contribution in [0.25, 0.3) is 0 Å². The number of amides is 1. The van der Waals surface area contributed by atoms with Gasteiger partial charge < -0.3 is 9.64 Å². The number of fused-ring (bicyclic) bond motifs is 1. The molecule has 6 heteroatoms. The molecular formula is C23H24N2O2S2. The Morgan fingerprint density at radius 2 is 2.00 bits per heavy atom. The summed E-state index contributed by atoms with van der Waals surface area (Å²) in [7, 11) is 0. The van der Waals surface area contributed by atoms with Crippen LogP contribution in [0, 0.1) is 6.92 Å². The van der Waals surface area contributed by atoms with E-state index in [-0.39, 0.29) is 5.91 Å². The van der Waals surface area contributed by atoms with E-state index in [4.69, 9.17) is 4.74 Å². The number of ether oxygens (including phenoxy) is 1. The number of nitrogens with zero attached hydrogens (tertiary/aromatic N) is 2. The molecule has 2 aromatic carbocycles. The summed E-state index contributed by atoms with van der Waals surface area (Å²) in [4.78, 5) is 20.8. The molecule has 0 fully saturated rings. The number of aromatic nitrogens is 1. The zero-order valence-corrected chi connectivity index (χ0v) is 18.3. The lowest BCUT2D eigenvalue weighted by Gasteiger charge is -2.22. The van der Waals surface area contributed by atoms with Gasteiger partial charge in [-0.05, 0) is 37.6 Å². The highest BCUT2D eigenvalue weighted by atomic mass is 32.2. The Hall–Kier alpha value is -2.31. The monoisotopic (exact) mass is 424 g/mol. The molecule has 0 aliphatic carbocycles. The molecule has 0 spiro atoms. The van der Waals surface area contributed by atoms with Gasteiger partial charge in [0.15, 0.2) is 0 Å². The van der Waals surface area contributed by atoms with Gasteiger partial charge in [-0.2, -0.15) is 0 Å². The number of rotatable bonds is 5. The van der Waals surface area contributed by atoms with Crippen molar-refractivity contribution in [2.24, 2.45) is 0 Å². The lowest BCUT2D eigenvalue weighted by atomic mass is 10.2. The average molecular weight is 425 g/mol. The standard InChI is InChI=1S/C23H24N2O2S2/c1-16-7-9-19(10-8-16)27-14-22-24-18(15-28-22)13-23(26)25-12-11-17(2)29-21-6-4-3-5-20(21)25/h3-10,15,17H,11-14H2,1-2H3. The van der Waals surface area contributed by atoms with E-state index in [9.17, 15) is 4.79 Å². The minimum atomic E-state index is 0.100. The van der Waals surface area contributed by atoms with Gasteiger partial charge in [0.2, 0.25) is 5.91 Å². The number of hydrogen-bond acceptors (Lipinski definition) is 5. The molecule has 1 aliphatic heterocycles. The Labute approximate surface area is 179 Å². The van der Waals surface area contributed by atoms with E-state index in [2.05, 4.69) is 24.9 Å². The molecule has 0 saturated carbocycles. The van der Waals surface area contributed by atoms with Gasteiger partial charge >= 0.3 is 0 Å². The maximum absolute atomic E-state index is 13.1. The van der Waals surface area contributed by atoms with Gasteiger partial charge in [0.25, 0.3) is 0 Å². The number of benzene rings is 2. The van der Waals surface area contributed by atoms with Crippen molar-refractivity contribution in [3.63, 3.8) is 0 Å². The summed E-state index contributed by atoms with van der Waals surface area (Å²) in [5.74, 6) is 0.930. The summed E-state index contributed by atoms with van der Waals surface area (Å²) in [6, 6.07) is 16.2. The molecule has 0 radical (unpaired) electrons. The molecule has 2 heterocycles. The molecule has 1 unspecified atom stereocenters. The summed E-state index contributed by atoms with van der Waals surface area (Å²) in [6.45, 7) is 5.44. The number of thiazole rings is 1. The van der Waals surface area contributed by atoms with Gasteiger partial charge in [-0.1, -0.05) is 36.8 Å². The third-order valence-corrected chi connectivity index (χ3v) is 6.97. The number of para-hydroxylation sites is 1. The molecule has 1 atom stereocenters. The number of carbonyl (C=O) groups is 1. The largest absolute Gasteiger partial charge is 0.486 e. The van der Waals surface area contributed by atoms with E-state index in [1.807, 2.05) is 64.5 Å². The molecular weight excluding hydrogens is 400 g/mol. The van der Waals surface area contributed by atoms with Crippen LogP contribution in [0.5, 0.6) is 5.75 Å². The van der Waals surface area contributed by atoms with Gasteiger partial charge in [0, 0.05) is 22.1 Å². The maximum Gasteiger partial charge on any atom is 0.233 e. The molecule has 4 nitrogen and oxygen atoms in total. The second-order valence-electron chi connectivity index (χ2n) is 7.24. The van der Waals surface area contributed by atoms with Gasteiger partial charge in [-0.3, -0.25) is 4.79 Å². The zero-order chi connectivity index (χ0) is 20.2. The van der Waals surface area contributed by atoms with Crippen LogP contribution in [0.4, 0.5) is 5.69 Å². The molecule has 150 valence electrons. The van der Waals surface area contributed by atoms with Crippen LogP contribution in [0.1, 0.15) is 29.6 Å². The number of thioether (sulfide) groups is 1. The highest BCUT2D eigenvalue weighted by Gasteiger charge is 2.24. The Morgan fingerprint density at radius 1 is 1.21 bits per heavy atom. The first-order valence-corrected chi connectivity index (χ1v) is 11.5. The summed E-state index contributed by atoms with van der Waals surface area (Å²) in [5, 5.41) is 3.35. The molecule has 0 saturated heterocycles. The Morgan fingerprint density at radius 3 is 2.83 bits per heavy atom. The highest BCUT2D eigenvalue weighted by molar-refractivity contribution is 8.00. The van der Waals surface area contributed by atoms with E-state index < -0.39 is 0 Å². The third kappa shape index (κ3) is 5.00. The molecule has 1 aliphatic rings. The van der Waals surface area contributed by atoms with Crippen molar-refractivity contribution in [3.05, 3.63) is 70.2 Å². The van der Waals surface area contributed by atoms with E-state index in [1.54, 1.807) is 0 Å². The molecule has 1 amide bonds. The normalized spacial score (nSPS) is 16.2. The quantitative estimate of drug-likeness (QED) is 0.543. The molecule has 3 aromatic rings. The smallest absolute Gasteiger partial charge is 0.233 e. The summed E-state index contributed by atoms with van der Waals surface area (Å²) in [6.07, 6.45) is 1.30. The Kier molecular flexibility index (Phi) is 6.21. The van der Waals surface area contributed by atoms with E-state index in [0.717, 1.165) is 35.1 Å². The van der Waals surface area contributed by atoms with Crippen LogP contribution in [-0.2, 0) is 17.8 Å². The van der Waals surface area contributed by atoms with Gasteiger partial charge in [0.05, 0.1) is 17.8 Å². The van der Waals surface area contributed by atoms with Crippen LogP contribution >= 0.6 is 23.1 Å². The average Bonchev–Trinajstić information content (AvgIpc) is 3.08. The van der Waals surface area contributed by atoms with Crippen LogP contribution in [0.15, 0.2) is 58.8 Å². The minimum Gasteiger partial charge on any atom is -0.486 e. The Balaban J connectivity index is 1.41. The molecule has 29 heavy (non-hydrogen) atoms. The van der Waals surface area contributed by atoms with E-state index in [1.165, 1.54) is 21.8 Å². The van der Waals surface area contributed by atoms with Gasteiger partial charge in [-0.15, -0.1) is 23.1 Å². The number of aryl methyl sites for hydroxylation is 1. The van der Waals surface area contributed by atoms with Crippen LogP contribution < -0.4 is 9.64 Å². The van der Waals surface area contributed by atoms with Crippen LogP contribution in [0.2, 0.25) is 0 Å². The van der Waals surface area contributed by atoms with Gasteiger partial charge in [0.1, 0.15) is 17.4 Å². The highest BCUT2D eigenvalue weighted by Crippen LogP contribution is 2.37. The lowest BCUT2D eigenvalue weighted by Crippen LogP contribution is -2.33. The zero-order valence-electron chi connectivity index (χ0n) is 16.6. The summed E-state index contributed by atoms with van der Waals surface area (Å²) in [5.41, 5.74) is 3.03. The number of hydrogen-bond donors (Lipinski definition) is 0. The van der Waals surface area contributed by atoms with Gasteiger partial charge in [-0.25, -0.2) is 4.98 Å². The first-order chi connectivity index (χ1) is 14.1. The molecule has 4 rings (SSSR count). The second-order valence-corrected chi connectivity index (χ2v) is 9.66. The van der Waals surface area contributed by atoms with E-state index >= 15 is 0 Å². The summed E-state index contributed by atoms with van der Waals surface area (Å²) >= 11 is 3.39. The Bertz CT molecular complexity index is 985. The van der Waals surface area contributed by atoms with Crippen molar-refractivity contribution in [1.29, 1.82) is 0 Å². The fraction of sp³-hybridized carbons (Fsp3) is 0.304. The first kappa shape index (κ1) is 20.0. The SMILES string of the molecule is Cc1ccc(OCc2nc(CC(=O)N3CCC(C)Sc4ccccc43)cs2)cc1. The maximum atomic E-state index is 13.1. The van der Waals surface area contributed by atoms with E-state index in [0.29, 0.717) is 18.3 Å². The van der Waals surface area contributed by atoms with Crippen molar-refractivity contribution in [2.45, 2.75) is 43.4 Å². The predicted octanol–water partition coefficient (Wildman–Crippen LogP) is 5.49. The number of anilines is 1. The lowest BCUT2D eigenvalue weighted by molar-refractivity contribution is -0.118. The predicted molar refractivity (Wildman–Crippen MR) is 120 cm³/mol. The number of carbonyl (C=O) groups excluding carboxylic acids is 1. The van der Waals surface area contributed by atoms with Crippen molar-refractivity contribution >= 4 is 34.7 Å². The second kappa shape index (κ2) is 9.01. The molecule has 1 aromatic heterocycles. The molecule has 0 N–H and O–H groups in total. The fourth-order valence-electron chi connectivity index (χ4n) is 3.27.